The molecule has 1 amide bonds. The van der Waals surface area contributed by atoms with Gasteiger partial charge in [0.15, 0.2) is 0 Å². The Labute approximate surface area is 127 Å². The number of amides is 1. The van der Waals surface area contributed by atoms with Crippen LogP contribution in [0.3, 0.4) is 0 Å². The molecular weight excluding hydrogens is 248 g/mol. The van der Waals surface area contributed by atoms with E-state index in [1.807, 2.05) is 0 Å². The van der Waals surface area contributed by atoms with Crippen molar-refractivity contribution < 1.29 is 4.79 Å². The summed E-state index contributed by atoms with van der Waals surface area (Å²) in [6, 6.07) is 0. The number of nitrogens with two attached hydrogens (primary N) is 1. The summed E-state index contributed by atoms with van der Waals surface area (Å²) < 4.78 is 0. The summed E-state index contributed by atoms with van der Waals surface area (Å²) in [4.78, 5) is 12.6. The van der Waals surface area contributed by atoms with Crippen LogP contribution in [-0.4, -0.2) is 31.4 Å². The van der Waals surface area contributed by atoms with Crippen molar-refractivity contribution in [2.75, 3.05) is 20.6 Å². The van der Waals surface area contributed by atoms with E-state index < -0.39 is 0 Å². The Bertz CT molecular complexity index is 193. The molecule has 0 unspecified atom stereocenters. The lowest BCUT2D eigenvalue weighted by Crippen LogP contribution is -2.11. The normalized spacial score (nSPS) is 10.2. The van der Waals surface area contributed by atoms with E-state index in [2.05, 4.69) is 32.8 Å². The van der Waals surface area contributed by atoms with E-state index in [4.69, 9.17) is 5.73 Å². The fourth-order valence-corrected chi connectivity index (χ4v) is 2.06. The molecule has 20 heavy (non-hydrogen) atoms. The van der Waals surface area contributed by atoms with Crippen molar-refractivity contribution >= 4 is 5.91 Å². The Morgan fingerprint density at radius 3 is 1.55 bits per heavy atom. The molecule has 0 aromatic heterocycles. The van der Waals surface area contributed by atoms with E-state index in [-0.39, 0.29) is 5.91 Å². The Hall–Kier alpha value is -0.570. The smallest absolute Gasteiger partial charge is 0.217 e. The summed E-state index contributed by atoms with van der Waals surface area (Å²) in [6.45, 7) is 5.63. The van der Waals surface area contributed by atoms with Crippen molar-refractivity contribution in [1.29, 1.82) is 0 Å². The molecule has 0 spiro atoms. The lowest BCUT2D eigenvalue weighted by molar-refractivity contribution is -0.118. The fourth-order valence-electron chi connectivity index (χ4n) is 2.06. The van der Waals surface area contributed by atoms with Crippen molar-refractivity contribution in [3.8, 4) is 0 Å². The molecule has 0 atom stereocenters. The van der Waals surface area contributed by atoms with Crippen LogP contribution in [-0.2, 0) is 4.79 Å². The summed E-state index contributed by atoms with van der Waals surface area (Å²) in [5.74, 6) is -0.159. The maximum Gasteiger partial charge on any atom is 0.217 e. The highest BCUT2D eigenvalue weighted by Crippen LogP contribution is 2.10. The van der Waals surface area contributed by atoms with Gasteiger partial charge in [-0.05, 0) is 33.5 Å². The van der Waals surface area contributed by atoms with Crippen LogP contribution in [0.5, 0.6) is 0 Å². The van der Waals surface area contributed by atoms with Gasteiger partial charge in [0, 0.05) is 6.42 Å². The number of carbonyl (C=O) groups excluding carboxylic acids is 1. The zero-order valence-electron chi connectivity index (χ0n) is 14.4. The number of rotatable bonds is 12. The minimum atomic E-state index is -0.159. The Morgan fingerprint density at radius 2 is 1.25 bits per heavy atom. The highest BCUT2D eigenvalue weighted by atomic mass is 16.1. The van der Waals surface area contributed by atoms with Crippen LogP contribution in [0.2, 0.25) is 0 Å². The van der Waals surface area contributed by atoms with E-state index in [9.17, 15) is 4.79 Å². The molecule has 0 aromatic carbocycles. The van der Waals surface area contributed by atoms with E-state index in [0.717, 1.165) is 12.8 Å². The summed E-state index contributed by atoms with van der Waals surface area (Å²) in [5, 5.41) is 0. The highest BCUT2D eigenvalue weighted by Gasteiger charge is 1.94. The first kappa shape index (κ1) is 21.7. The standard InChI is InChI=1S/C12H25NO.C5H13N/c1-2-3-4-5-6-7-8-9-10-11-12(13)14;1-4-5-6(2)3/h2-11H2,1H3,(H2,13,14);4-5H2,1-3H3. The van der Waals surface area contributed by atoms with Gasteiger partial charge in [-0.1, -0.05) is 65.2 Å². The molecule has 0 fully saturated rings. The van der Waals surface area contributed by atoms with Gasteiger partial charge in [-0.15, -0.1) is 0 Å². The molecule has 0 aliphatic heterocycles. The molecule has 0 bridgehead atoms. The first-order valence-electron chi connectivity index (χ1n) is 8.47. The molecule has 0 aromatic rings. The SMILES string of the molecule is CCCCCCCCCCCC(N)=O.CCCN(C)C. The monoisotopic (exact) mass is 286 g/mol. The van der Waals surface area contributed by atoms with Gasteiger partial charge < -0.3 is 10.6 Å². The van der Waals surface area contributed by atoms with Crippen molar-refractivity contribution in [1.82, 2.24) is 4.90 Å². The predicted octanol–water partition coefficient (Wildman–Crippen LogP) is 4.35. The van der Waals surface area contributed by atoms with Crippen molar-refractivity contribution in [3.05, 3.63) is 0 Å². The Morgan fingerprint density at radius 1 is 0.800 bits per heavy atom. The Balaban J connectivity index is 0. The molecule has 0 aliphatic rings. The molecule has 2 N–H and O–H groups in total. The second kappa shape index (κ2) is 18.4. The van der Waals surface area contributed by atoms with Gasteiger partial charge in [0.2, 0.25) is 5.91 Å². The number of hydrogen-bond acceptors (Lipinski definition) is 2. The zero-order valence-corrected chi connectivity index (χ0v) is 14.4. The minimum absolute atomic E-state index is 0.159. The van der Waals surface area contributed by atoms with Crippen LogP contribution in [0, 0.1) is 0 Å². The summed E-state index contributed by atoms with van der Waals surface area (Å²) >= 11 is 0. The van der Waals surface area contributed by atoms with Gasteiger partial charge in [-0.25, -0.2) is 0 Å². The number of hydrogen-bond donors (Lipinski definition) is 1. The largest absolute Gasteiger partial charge is 0.370 e. The van der Waals surface area contributed by atoms with Crippen molar-refractivity contribution in [2.45, 2.75) is 84.5 Å². The Kier molecular flexibility index (Phi) is 20.0. The van der Waals surface area contributed by atoms with Crippen LogP contribution in [0.1, 0.15) is 84.5 Å². The quantitative estimate of drug-likeness (QED) is 0.542. The lowest BCUT2D eigenvalue weighted by Gasteiger charge is -2.03. The number of primary amides is 1. The number of nitrogens with zero attached hydrogens (tertiary/aromatic N) is 1. The van der Waals surface area contributed by atoms with E-state index >= 15 is 0 Å². The predicted molar refractivity (Wildman–Crippen MR) is 89.9 cm³/mol. The number of carbonyl (C=O) groups is 1. The maximum absolute atomic E-state index is 10.4. The van der Waals surface area contributed by atoms with E-state index in [1.165, 1.54) is 57.9 Å². The molecular formula is C17H38N2O. The lowest BCUT2D eigenvalue weighted by atomic mass is 10.1. The fraction of sp³-hybridized carbons (Fsp3) is 0.941. The van der Waals surface area contributed by atoms with Crippen LogP contribution in [0.15, 0.2) is 0 Å². The third-order valence-electron chi connectivity index (χ3n) is 3.20. The third-order valence-corrected chi connectivity index (χ3v) is 3.20. The first-order chi connectivity index (χ1) is 9.54. The van der Waals surface area contributed by atoms with Crippen LogP contribution >= 0.6 is 0 Å². The highest BCUT2D eigenvalue weighted by molar-refractivity contribution is 5.73. The summed E-state index contributed by atoms with van der Waals surface area (Å²) in [5.41, 5.74) is 5.05. The average molecular weight is 287 g/mol. The second-order valence-corrected chi connectivity index (χ2v) is 5.85. The third kappa shape index (κ3) is 26.1. The summed E-state index contributed by atoms with van der Waals surface area (Å²) in [7, 11) is 4.17. The molecule has 0 heterocycles. The van der Waals surface area contributed by atoms with E-state index in [0.29, 0.717) is 6.42 Å². The van der Waals surface area contributed by atoms with E-state index in [1.54, 1.807) is 0 Å². The molecule has 0 radical (unpaired) electrons. The van der Waals surface area contributed by atoms with Gasteiger partial charge >= 0.3 is 0 Å². The van der Waals surface area contributed by atoms with Crippen molar-refractivity contribution in [3.63, 3.8) is 0 Å². The molecule has 0 aliphatic carbocycles. The first-order valence-corrected chi connectivity index (χ1v) is 8.47. The van der Waals surface area contributed by atoms with Gasteiger partial charge in [0.1, 0.15) is 0 Å². The zero-order chi connectivity index (χ0) is 15.6. The summed E-state index contributed by atoms with van der Waals surface area (Å²) in [6.07, 6.45) is 13.4. The van der Waals surface area contributed by atoms with Gasteiger partial charge in [-0.3, -0.25) is 4.79 Å². The van der Waals surface area contributed by atoms with Crippen LogP contribution < -0.4 is 5.73 Å². The topological polar surface area (TPSA) is 46.3 Å². The molecule has 3 nitrogen and oxygen atoms in total. The molecule has 0 saturated carbocycles. The number of unbranched alkanes of at least 4 members (excludes halogenated alkanes) is 8. The van der Waals surface area contributed by atoms with Gasteiger partial charge in [-0.2, -0.15) is 0 Å². The molecule has 3 heteroatoms. The van der Waals surface area contributed by atoms with Crippen LogP contribution in [0.25, 0.3) is 0 Å². The van der Waals surface area contributed by atoms with Crippen molar-refractivity contribution in [2.24, 2.45) is 5.73 Å². The minimum Gasteiger partial charge on any atom is -0.370 e. The van der Waals surface area contributed by atoms with Gasteiger partial charge in [0.25, 0.3) is 0 Å². The molecule has 0 rings (SSSR count). The maximum atomic E-state index is 10.4. The molecule has 0 saturated heterocycles. The van der Waals surface area contributed by atoms with Gasteiger partial charge in [0.05, 0.1) is 0 Å². The molecule has 122 valence electrons. The second-order valence-electron chi connectivity index (χ2n) is 5.85. The van der Waals surface area contributed by atoms with Crippen LogP contribution in [0.4, 0.5) is 0 Å². The average Bonchev–Trinajstić information content (AvgIpc) is 2.37.